The summed E-state index contributed by atoms with van der Waals surface area (Å²) in [6.07, 6.45) is 2.20. The molecule has 0 fully saturated rings. The van der Waals surface area contributed by atoms with Crippen LogP contribution in [0.15, 0.2) is 24.3 Å². The summed E-state index contributed by atoms with van der Waals surface area (Å²) in [6, 6.07) is 6.71. The highest BCUT2D eigenvalue weighted by atomic mass is 16.4. The van der Waals surface area contributed by atoms with Crippen LogP contribution in [0.4, 0.5) is 0 Å². The molecule has 0 amide bonds. The average Bonchev–Trinajstić information content (AvgIpc) is 2.42. The molecule has 0 atom stereocenters. The van der Waals surface area contributed by atoms with Crippen LogP contribution in [0.25, 0.3) is 0 Å². The molecule has 20 heavy (non-hydrogen) atoms. The highest BCUT2D eigenvalue weighted by Crippen LogP contribution is 2.09. The number of carboxylic acid groups (broad SMARTS) is 2. The fourth-order valence-corrected chi connectivity index (χ4v) is 1.92. The van der Waals surface area contributed by atoms with E-state index in [4.69, 9.17) is 10.2 Å². The van der Waals surface area contributed by atoms with Gasteiger partial charge in [-0.3, -0.25) is 9.69 Å². The summed E-state index contributed by atoms with van der Waals surface area (Å²) in [4.78, 5) is 23.5. The zero-order chi connectivity index (χ0) is 15.0. The molecule has 0 aliphatic rings. The number of unbranched alkanes of at least 4 members (excludes halogenated alkanes) is 1. The van der Waals surface area contributed by atoms with Crippen molar-refractivity contribution in [3.63, 3.8) is 0 Å². The van der Waals surface area contributed by atoms with Crippen molar-refractivity contribution < 1.29 is 19.8 Å². The number of aromatic carboxylic acids is 1. The molecule has 0 spiro atoms. The molecule has 110 valence electrons. The molecule has 0 radical (unpaired) electrons. The summed E-state index contributed by atoms with van der Waals surface area (Å²) in [5.41, 5.74) is 1.26. The molecule has 0 unspecified atom stereocenters. The van der Waals surface area contributed by atoms with Crippen molar-refractivity contribution in [2.75, 3.05) is 13.1 Å². The summed E-state index contributed by atoms with van der Waals surface area (Å²) >= 11 is 0. The number of hydrogen-bond acceptors (Lipinski definition) is 3. The number of hydrogen-bond donors (Lipinski definition) is 2. The molecule has 2 N–H and O–H groups in total. The van der Waals surface area contributed by atoms with Crippen molar-refractivity contribution in [1.82, 2.24) is 4.90 Å². The maximum atomic E-state index is 10.8. The van der Waals surface area contributed by atoms with E-state index in [0.717, 1.165) is 24.9 Å². The Morgan fingerprint density at radius 3 is 2.25 bits per heavy atom. The van der Waals surface area contributed by atoms with Gasteiger partial charge in [-0.15, -0.1) is 0 Å². The van der Waals surface area contributed by atoms with Gasteiger partial charge in [-0.05, 0) is 30.7 Å². The third-order valence-electron chi connectivity index (χ3n) is 3.08. The van der Waals surface area contributed by atoms with E-state index in [1.165, 1.54) is 0 Å². The Morgan fingerprint density at radius 2 is 1.75 bits per heavy atom. The summed E-state index contributed by atoms with van der Waals surface area (Å²) < 4.78 is 0. The zero-order valence-electron chi connectivity index (χ0n) is 11.7. The fourth-order valence-electron chi connectivity index (χ4n) is 1.92. The van der Waals surface area contributed by atoms with Crippen LogP contribution in [0.2, 0.25) is 0 Å². The standard InChI is InChI=1S/C15H21NO4/c1-2-3-9-16(10-8-14(17)18)11-12-4-6-13(7-5-12)15(19)20/h4-7H,2-3,8-11H2,1H3,(H,17,18)(H,19,20). The Labute approximate surface area is 118 Å². The van der Waals surface area contributed by atoms with Crippen molar-refractivity contribution in [2.45, 2.75) is 32.7 Å². The molecule has 5 heteroatoms. The second kappa shape index (κ2) is 8.32. The summed E-state index contributed by atoms with van der Waals surface area (Å²) in [6.45, 7) is 4.10. The third-order valence-corrected chi connectivity index (χ3v) is 3.08. The van der Waals surface area contributed by atoms with Crippen LogP contribution in [0.1, 0.15) is 42.1 Å². The second-order valence-corrected chi connectivity index (χ2v) is 4.78. The van der Waals surface area contributed by atoms with E-state index >= 15 is 0 Å². The quantitative estimate of drug-likeness (QED) is 0.726. The van der Waals surface area contributed by atoms with E-state index < -0.39 is 11.9 Å². The Balaban J connectivity index is 2.62. The minimum absolute atomic E-state index is 0.122. The van der Waals surface area contributed by atoms with Crippen molar-refractivity contribution in [3.05, 3.63) is 35.4 Å². The maximum absolute atomic E-state index is 10.8. The molecule has 1 aromatic carbocycles. The Kier molecular flexibility index (Phi) is 6.73. The van der Waals surface area contributed by atoms with Crippen LogP contribution in [-0.2, 0) is 11.3 Å². The number of benzene rings is 1. The first kappa shape index (κ1) is 16.2. The van der Waals surface area contributed by atoms with E-state index in [9.17, 15) is 9.59 Å². The normalized spacial score (nSPS) is 10.7. The minimum Gasteiger partial charge on any atom is -0.481 e. The average molecular weight is 279 g/mol. The number of carboxylic acids is 2. The first-order valence-electron chi connectivity index (χ1n) is 6.79. The van der Waals surface area contributed by atoms with Crippen LogP contribution in [0, 0.1) is 0 Å². The van der Waals surface area contributed by atoms with Gasteiger partial charge in [0.25, 0.3) is 0 Å². The molecule has 5 nitrogen and oxygen atoms in total. The fraction of sp³-hybridized carbons (Fsp3) is 0.467. The van der Waals surface area contributed by atoms with Gasteiger partial charge < -0.3 is 10.2 Å². The van der Waals surface area contributed by atoms with Gasteiger partial charge in [-0.2, -0.15) is 0 Å². The molecule has 1 rings (SSSR count). The molecule has 0 aromatic heterocycles. The number of aliphatic carboxylic acids is 1. The lowest BCUT2D eigenvalue weighted by atomic mass is 10.1. The largest absolute Gasteiger partial charge is 0.481 e. The SMILES string of the molecule is CCCCN(CCC(=O)O)Cc1ccc(C(=O)O)cc1. The van der Waals surface area contributed by atoms with Crippen LogP contribution >= 0.6 is 0 Å². The molecule has 0 saturated carbocycles. The van der Waals surface area contributed by atoms with Gasteiger partial charge in [0.05, 0.1) is 12.0 Å². The predicted octanol–water partition coefficient (Wildman–Crippen LogP) is 2.46. The van der Waals surface area contributed by atoms with Gasteiger partial charge in [0, 0.05) is 13.1 Å². The van der Waals surface area contributed by atoms with Crippen LogP contribution < -0.4 is 0 Å². The molecule has 0 bridgehead atoms. The first-order chi connectivity index (χ1) is 9.52. The summed E-state index contributed by atoms with van der Waals surface area (Å²) in [7, 11) is 0. The van der Waals surface area contributed by atoms with Crippen molar-refractivity contribution in [3.8, 4) is 0 Å². The number of nitrogens with zero attached hydrogens (tertiary/aromatic N) is 1. The predicted molar refractivity (Wildman–Crippen MR) is 75.8 cm³/mol. The van der Waals surface area contributed by atoms with Crippen LogP contribution in [0.3, 0.4) is 0 Å². The Morgan fingerprint density at radius 1 is 1.10 bits per heavy atom. The number of rotatable bonds is 9. The highest BCUT2D eigenvalue weighted by Gasteiger charge is 2.09. The van der Waals surface area contributed by atoms with E-state index in [1.807, 2.05) is 0 Å². The minimum atomic E-state index is -0.940. The van der Waals surface area contributed by atoms with Gasteiger partial charge in [-0.25, -0.2) is 4.79 Å². The van der Waals surface area contributed by atoms with E-state index in [2.05, 4.69) is 11.8 Å². The molecule has 0 aliphatic heterocycles. The van der Waals surface area contributed by atoms with Gasteiger partial charge in [0.2, 0.25) is 0 Å². The monoisotopic (exact) mass is 279 g/mol. The first-order valence-corrected chi connectivity index (χ1v) is 6.79. The second-order valence-electron chi connectivity index (χ2n) is 4.78. The van der Waals surface area contributed by atoms with E-state index in [1.54, 1.807) is 24.3 Å². The van der Waals surface area contributed by atoms with Crippen molar-refractivity contribution in [2.24, 2.45) is 0 Å². The van der Waals surface area contributed by atoms with Gasteiger partial charge in [0.15, 0.2) is 0 Å². The van der Waals surface area contributed by atoms with Gasteiger partial charge in [0.1, 0.15) is 0 Å². The lowest BCUT2D eigenvalue weighted by Gasteiger charge is -2.21. The van der Waals surface area contributed by atoms with Crippen molar-refractivity contribution >= 4 is 11.9 Å². The van der Waals surface area contributed by atoms with E-state index in [-0.39, 0.29) is 12.0 Å². The maximum Gasteiger partial charge on any atom is 0.335 e. The molecule has 1 aromatic rings. The van der Waals surface area contributed by atoms with E-state index in [0.29, 0.717) is 13.1 Å². The molecule has 0 aliphatic carbocycles. The van der Waals surface area contributed by atoms with Gasteiger partial charge in [-0.1, -0.05) is 25.5 Å². The Bertz CT molecular complexity index is 442. The number of carbonyl (C=O) groups is 2. The topological polar surface area (TPSA) is 77.8 Å². The smallest absolute Gasteiger partial charge is 0.335 e. The van der Waals surface area contributed by atoms with Crippen LogP contribution in [0.5, 0.6) is 0 Å². The zero-order valence-corrected chi connectivity index (χ0v) is 11.7. The van der Waals surface area contributed by atoms with Gasteiger partial charge >= 0.3 is 11.9 Å². The molecule has 0 heterocycles. The Hall–Kier alpha value is -1.88. The van der Waals surface area contributed by atoms with Crippen LogP contribution in [-0.4, -0.2) is 40.1 Å². The van der Waals surface area contributed by atoms with Crippen molar-refractivity contribution in [1.29, 1.82) is 0 Å². The lowest BCUT2D eigenvalue weighted by Crippen LogP contribution is -2.27. The molecule has 0 saturated heterocycles. The summed E-state index contributed by atoms with van der Waals surface area (Å²) in [5.74, 6) is -1.74. The third kappa shape index (κ3) is 5.84. The highest BCUT2D eigenvalue weighted by molar-refractivity contribution is 5.87. The molecular formula is C15H21NO4. The lowest BCUT2D eigenvalue weighted by molar-refractivity contribution is -0.137. The summed E-state index contributed by atoms with van der Waals surface area (Å²) in [5, 5.41) is 17.6. The molecular weight excluding hydrogens is 258 g/mol.